The van der Waals surface area contributed by atoms with Gasteiger partial charge in [-0.3, -0.25) is 24.5 Å². The summed E-state index contributed by atoms with van der Waals surface area (Å²) in [6.45, 7) is 0. The molecule has 2 heterocycles. The summed E-state index contributed by atoms with van der Waals surface area (Å²) in [6, 6.07) is 5.58. The number of likely N-dealkylation sites (tertiary alicyclic amines) is 1. The van der Waals surface area contributed by atoms with Crippen LogP contribution in [0.3, 0.4) is 0 Å². The zero-order valence-corrected chi connectivity index (χ0v) is 11.7. The van der Waals surface area contributed by atoms with Crippen molar-refractivity contribution in [1.82, 2.24) is 10.2 Å². The Morgan fingerprint density at radius 2 is 1.61 bits per heavy atom. The van der Waals surface area contributed by atoms with Gasteiger partial charge < -0.3 is 5.11 Å². The highest BCUT2D eigenvalue weighted by atomic mass is 16.4. The van der Waals surface area contributed by atoms with Gasteiger partial charge in [0.1, 0.15) is 5.70 Å². The van der Waals surface area contributed by atoms with Gasteiger partial charge in [-0.15, -0.1) is 0 Å². The Bertz CT molecular complexity index is 807. The van der Waals surface area contributed by atoms with Crippen molar-refractivity contribution in [2.75, 3.05) is 0 Å². The first-order valence-corrected chi connectivity index (χ1v) is 6.70. The largest absolute Gasteiger partial charge is 0.478 e. The molecule has 0 radical (unpaired) electrons. The van der Waals surface area contributed by atoms with E-state index >= 15 is 0 Å². The number of amides is 4. The van der Waals surface area contributed by atoms with Gasteiger partial charge in [-0.2, -0.15) is 0 Å². The van der Waals surface area contributed by atoms with Crippen molar-refractivity contribution in [1.29, 1.82) is 0 Å². The molecule has 1 fully saturated rings. The summed E-state index contributed by atoms with van der Waals surface area (Å²) in [5.74, 6) is -4.22. The van der Waals surface area contributed by atoms with Gasteiger partial charge in [-0.25, -0.2) is 9.69 Å². The van der Waals surface area contributed by atoms with Crippen molar-refractivity contribution < 1.29 is 29.1 Å². The standard InChI is InChI=1S/C15H10N2O6/c18-9-5-6-10(19)17(9)12-11(13(20)16-14(12)21)7-3-1-2-4-8(7)15(22)23/h1-4H,5-6H2,(H,22,23)(H,16,20,21). The van der Waals surface area contributed by atoms with E-state index in [2.05, 4.69) is 0 Å². The Morgan fingerprint density at radius 3 is 2.22 bits per heavy atom. The van der Waals surface area contributed by atoms with Gasteiger partial charge in [0.2, 0.25) is 11.8 Å². The quantitative estimate of drug-likeness (QED) is 0.752. The van der Waals surface area contributed by atoms with E-state index in [-0.39, 0.29) is 29.5 Å². The van der Waals surface area contributed by atoms with Crippen molar-refractivity contribution in [3.05, 3.63) is 41.1 Å². The second-order valence-electron chi connectivity index (χ2n) is 4.98. The predicted octanol–water partition coefficient (Wildman–Crippen LogP) is -0.0987. The molecule has 0 saturated carbocycles. The first kappa shape index (κ1) is 14.6. The van der Waals surface area contributed by atoms with Crippen LogP contribution in [-0.4, -0.2) is 39.6 Å². The molecule has 2 N–H and O–H groups in total. The van der Waals surface area contributed by atoms with Crippen molar-refractivity contribution in [3.8, 4) is 0 Å². The average Bonchev–Trinajstić information content (AvgIpc) is 2.97. The smallest absolute Gasteiger partial charge is 0.336 e. The Morgan fingerprint density at radius 1 is 1.00 bits per heavy atom. The van der Waals surface area contributed by atoms with Crippen LogP contribution in [0.4, 0.5) is 0 Å². The van der Waals surface area contributed by atoms with Gasteiger partial charge >= 0.3 is 5.97 Å². The number of imide groups is 2. The molecule has 2 aliphatic heterocycles. The molecule has 2 aliphatic rings. The zero-order valence-electron chi connectivity index (χ0n) is 11.7. The van der Waals surface area contributed by atoms with Gasteiger partial charge in [0.05, 0.1) is 11.1 Å². The summed E-state index contributed by atoms with van der Waals surface area (Å²) in [5.41, 5.74) is -0.914. The Labute approximate surface area is 129 Å². The van der Waals surface area contributed by atoms with Crippen LogP contribution in [0.5, 0.6) is 0 Å². The van der Waals surface area contributed by atoms with E-state index in [1.807, 2.05) is 5.32 Å². The molecule has 1 aromatic rings. The zero-order chi connectivity index (χ0) is 16.7. The van der Waals surface area contributed by atoms with Crippen LogP contribution < -0.4 is 5.32 Å². The van der Waals surface area contributed by atoms with Crippen LogP contribution >= 0.6 is 0 Å². The highest BCUT2D eigenvalue weighted by Gasteiger charge is 2.43. The van der Waals surface area contributed by atoms with Crippen molar-refractivity contribution in [2.45, 2.75) is 12.8 Å². The summed E-state index contributed by atoms with van der Waals surface area (Å²) in [6.07, 6.45) is -0.116. The van der Waals surface area contributed by atoms with Crippen LogP contribution in [0.1, 0.15) is 28.8 Å². The fourth-order valence-corrected chi connectivity index (χ4v) is 2.62. The van der Waals surface area contributed by atoms with Crippen LogP contribution in [0, 0.1) is 0 Å². The minimum Gasteiger partial charge on any atom is -0.478 e. The number of rotatable bonds is 3. The number of aromatic carboxylic acids is 1. The van der Waals surface area contributed by atoms with E-state index in [9.17, 15) is 29.1 Å². The Hall–Kier alpha value is -3.29. The monoisotopic (exact) mass is 314 g/mol. The first-order chi connectivity index (χ1) is 10.9. The van der Waals surface area contributed by atoms with Crippen molar-refractivity contribution >= 4 is 35.2 Å². The number of hydrogen-bond donors (Lipinski definition) is 2. The molecule has 8 nitrogen and oxygen atoms in total. The summed E-state index contributed by atoms with van der Waals surface area (Å²) >= 11 is 0. The van der Waals surface area contributed by atoms with Crippen LogP contribution in [0.2, 0.25) is 0 Å². The number of carbonyl (C=O) groups excluding carboxylic acids is 4. The maximum absolute atomic E-state index is 12.1. The van der Waals surface area contributed by atoms with Crippen LogP contribution in [0.15, 0.2) is 30.0 Å². The summed E-state index contributed by atoms with van der Waals surface area (Å²) in [7, 11) is 0. The molecule has 1 aromatic carbocycles. The minimum atomic E-state index is -1.29. The number of carbonyl (C=O) groups is 5. The molecule has 0 spiro atoms. The molecule has 4 amide bonds. The molecular formula is C15H10N2O6. The molecule has 0 atom stereocenters. The SMILES string of the molecule is O=C1NC(=O)C(N2C(=O)CCC2=O)=C1c1ccccc1C(=O)O. The first-order valence-electron chi connectivity index (χ1n) is 6.70. The molecule has 0 bridgehead atoms. The van der Waals surface area contributed by atoms with Crippen LogP contribution in [-0.2, 0) is 19.2 Å². The van der Waals surface area contributed by atoms with Crippen LogP contribution in [0.25, 0.3) is 5.57 Å². The average molecular weight is 314 g/mol. The topological polar surface area (TPSA) is 121 Å². The maximum atomic E-state index is 12.1. The maximum Gasteiger partial charge on any atom is 0.336 e. The Balaban J connectivity index is 2.27. The second-order valence-corrected chi connectivity index (χ2v) is 4.98. The lowest BCUT2D eigenvalue weighted by Crippen LogP contribution is -2.34. The number of benzene rings is 1. The third-order valence-corrected chi connectivity index (χ3v) is 3.61. The molecule has 0 aromatic heterocycles. The molecule has 1 saturated heterocycles. The van der Waals surface area contributed by atoms with E-state index in [1.165, 1.54) is 24.3 Å². The van der Waals surface area contributed by atoms with E-state index in [4.69, 9.17) is 0 Å². The number of carboxylic acid groups (broad SMARTS) is 1. The molecule has 0 unspecified atom stereocenters. The lowest BCUT2D eigenvalue weighted by molar-refractivity contribution is -0.138. The Kier molecular flexibility index (Phi) is 3.29. The van der Waals surface area contributed by atoms with Crippen molar-refractivity contribution in [2.24, 2.45) is 0 Å². The second kappa shape index (κ2) is 5.16. The highest BCUT2D eigenvalue weighted by molar-refractivity contribution is 6.38. The fourth-order valence-electron chi connectivity index (χ4n) is 2.62. The minimum absolute atomic E-state index is 0.0224. The van der Waals surface area contributed by atoms with Crippen molar-refractivity contribution in [3.63, 3.8) is 0 Å². The van der Waals surface area contributed by atoms with Gasteiger partial charge in [0, 0.05) is 18.4 Å². The number of hydrogen-bond acceptors (Lipinski definition) is 5. The summed E-state index contributed by atoms with van der Waals surface area (Å²) < 4.78 is 0. The number of nitrogens with zero attached hydrogens (tertiary/aromatic N) is 1. The van der Waals surface area contributed by atoms with Gasteiger partial charge in [0.25, 0.3) is 11.8 Å². The molecule has 3 rings (SSSR count). The van der Waals surface area contributed by atoms with E-state index < -0.39 is 35.3 Å². The molecule has 23 heavy (non-hydrogen) atoms. The van der Waals surface area contributed by atoms with E-state index in [0.717, 1.165) is 0 Å². The van der Waals surface area contributed by atoms with Gasteiger partial charge in [0.15, 0.2) is 0 Å². The summed E-state index contributed by atoms with van der Waals surface area (Å²) in [5, 5.41) is 11.3. The lowest BCUT2D eigenvalue weighted by atomic mass is 9.98. The fraction of sp³-hybridized carbons (Fsp3) is 0.133. The molecule has 0 aliphatic carbocycles. The molecular weight excluding hydrogens is 304 g/mol. The van der Waals surface area contributed by atoms with E-state index in [1.54, 1.807) is 0 Å². The third kappa shape index (κ3) is 2.20. The van der Waals surface area contributed by atoms with Gasteiger partial charge in [-0.1, -0.05) is 18.2 Å². The third-order valence-electron chi connectivity index (χ3n) is 3.61. The number of nitrogens with one attached hydrogen (secondary N) is 1. The highest BCUT2D eigenvalue weighted by Crippen LogP contribution is 2.31. The number of carboxylic acids is 1. The molecule has 116 valence electrons. The molecule has 8 heteroatoms. The predicted molar refractivity (Wildman–Crippen MR) is 74.6 cm³/mol. The normalized spacial score (nSPS) is 18.0. The summed E-state index contributed by atoms with van der Waals surface area (Å²) in [4.78, 5) is 59.9. The van der Waals surface area contributed by atoms with Gasteiger partial charge in [-0.05, 0) is 6.07 Å². The van der Waals surface area contributed by atoms with E-state index in [0.29, 0.717) is 4.90 Å². The lowest BCUT2D eigenvalue weighted by Gasteiger charge is -2.15.